The number of amides is 2. The topological polar surface area (TPSA) is 58.6 Å². The zero-order valence-electron chi connectivity index (χ0n) is 13.5. The minimum absolute atomic E-state index is 0.130. The molecule has 23 heavy (non-hydrogen) atoms. The van der Waals surface area contributed by atoms with Crippen LogP contribution in [0.15, 0.2) is 42.5 Å². The third-order valence-electron chi connectivity index (χ3n) is 3.48. The van der Waals surface area contributed by atoms with E-state index in [2.05, 4.69) is 5.32 Å². The lowest BCUT2D eigenvalue weighted by molar-refractivity contribution is -0.116. The zero-order chi connectivity index (χ0) is 16.8. The number of rotatable bonds is 6. The lowest BCUT2D eigenvalue weighted by atomic mass is 10.1. The second kappa shape index (κ2) is 7.45. The summed E-state index contributed by atoms with van der Waals surface area (Å²) in [5, 5.41) is 2.81. The van der Waals surface area contributed by atoms with Crippen LogP contribution in [-0.4, -0.2) is 19.4 Å². The van der Waals surface area contributed by atoms with Crippen LogP contribution in [0.3, 0.4) is 0 Å². The van der Waals surface area contributed by atoms with Crippen LogP contribution < -0.4 is 15.0 Å². The van der Waals surface area contributed by atoms with Gasteiger partial charge in [0, 0.05) is 18.2 Å². The summed E-state index contributed by atoms with van der Waals surface area (Å²) >= 11 is 0. The first-order valence-corrected chi connectivity index (χ1v) is 7.38. The molecule has 0 saturated carbocycles. The monoisotopic (exact) mass is 312 g/mol. The van der Waals surface area contributed by atoms with Crippen molar-refractivity contribution in [2.45, 2.75) is 20.3 Å². The van der Waals surface area contributed by atoms with Crippen LogP contribution >= 0.6 is 0 Å². The molecule has 0 spiro atoms. The number of benzene rings is 2. The van der Waals surface area contributed by atoms with Crippen molar-refractivity contribution in [1.82, 2.24) is 0 Å². The Labute approximate surface area is 135 Å². The van der Waals surface area contributed by atoms with Crippen molar-refractivity contribution >= 4 is 29.4 Å². The summed E-state index contributed by atoms with van der Waals surface area (Å²) in [6, 6.07) is 12.8. The molecule has 0 fully saturated rings. The van der Waals surface area contributed by atoms with Gasteiger partial charge in [0.25, 0.3) is 0 Å². The van der Waals surface area contributed by atoms with Gasteiger partial charge in [0.15, 0.2) is 0 Å². The van der Waals surface area contributed by atoms with E-state index in [1.807, 2.05) is 31.2 Å². The highest BCUT2D eigenvalue weighted by Gasteiger charge is 2.15. The Morgan fingerprint density at radius 1 is 1.22 bits per heavy atom. The third kappa shape index (κ3) is 3.88. The van der Waals surface area contributed by atoms with Gasteiger partial charge in [-0.15, -0.1) is 0 Å². The molecule has 5 nitrogen and oxygen atoms in total. The molecule has 0 aliphatic rings. The molecular weight excluding hydrogens is 292 g/mol. The Kier molecular flexibility index (Phi) is 5.36. The summed E-state index contributed by atoms with van der Waals surface area (Å²) in [7, 11) is 1.55. The molecule has 0 aliphatic carbocycles. The summed E-state index contributed by atoms with van der Waals surface area (Å²) in [6.07, 6.45) is 1.08. The molecule has 0 bridgehead atoms. The molecule has 2 aromatic carbocycles. The van der Waals surface area contributed by atoms with Gasteiger partial charge in [-0.3, -0.25) is 14.5 Å². The third-order valence-corrected chi connectivity index (χ3v) is 3.48. The van der Waals surface area contributed by atoms with Crippen LogP contribution in [0.4, 0.5) is 17.1 Å². The number of hydrogen-bond acceptors (Lipinski definition) is 3. The maximum absolute atomic E-state index is 11.8. The van der Waals surface area contributed by atoms with Crippen molar-refractivity contribution in [3.05, 3.63) is 48.0 Å². The Morgan fingerprint density at radius 2 is 1.91 bits per heavy atom. The van der Waals surface area contributed by atoms with E-state index in [1.165, 1.54) is 4.90 Å². The molecule has 0 atom stereocenters. The number of nitrogens with zero attached hydrogens (tertiary/aromatic N) is 1. The number of ether oxygens (including phenoxy) is 1. The van der Waals surface area contributed by atoms with E-state index in [9.17, 15) is 9.59 Å². The fourth-order valence-corrected chi connectivity index (χ4v) is 2.15. The zero-order valence-corrected chi connectivity index (χ0v) is 13.5. The van der Waals surface area contributed by atoms with E-state index in [1.54, 1.807) is 32.2 Å². The molecule has 0 heterocycles. The summed E-state index contributed by atoms with van der Waals surface area (Å²) in [4.78, 5) is 24.9. The molecule has 2 rings (SSSR count). The average molecular weight is 312 g/mol. The minimum Gasteiger partial charge on any atom is -0.497 e. The fraction of sp³-hybridized carbons (Fsp3) is 0.222. The smallest absolute Gasteiger partial charge is 0.224 e. The normalized spacial score (nSPS) is 10.0. The SMILES string of the molecule is CCC(=O)Nc1cc(OC)ccc1N(C=O)c1ccc(C)cc1. The summed E-state index contributed by atoms with van der Waals surface area (Å²) in [5.74, 6) is 0.476. The van der Waals surface area contributed by atoms with E-state index < -0.39 is 0 Å². The van der Waals surface area contributed by atoms with Crippen LogP contribution in [-0.2, 0) is 9.59 Å². The van der Waals surface area contributed by atoms with E-state index in [4.69, 9.17) is 4.74 Å². The lowest BCUT2D eigenvalue weighted by Crippen LogP contribution is -2.18. The van der Waals surface area contributed by atoms with Gasteiger partial charge in [0.1, 0.15) is 5.75 Å². The van der Waals surface area contributed by atoms with Gasteiger partial charge in [-0.25, -0.2) is 0 Å². The van der Waals surface area contributed by atoms with Crippen molar-refractivity contribution in [2.75, 3.05) is 17.3 Å². The van der Waals surface area contributed by atoms with Crippen LogP contribution in [0.5, 0.6) is 5.75 Å². The molecule has 120 valence electrons. The molecule has 5 heteroatoms. The Morgan fingerprint density at radius 3 is 2.48 bits per heavy atom. The number of nitrogens with one attached hydrogen (secondary N) is 1. The van der Waals surface area contributed by atoms with Crippen molar-refractivity contribution in [3.63, 3.8) is 0 Å². The molecular formula is C18H20N2O3. The van der Waals surface area contributed by atoms with Crippen molar-refractivity contribution < 1.29 is 14.3 Å². The molecule has 0 unspecified atom stereocenters. The number of methoxy groups -OCH3 is 1. The summed E-state index contributed by atoms with van der Waals surface area (Å²) in [6.45, 7) is 3.75. The minimum atomic E-state index is -0.130. The standard InChI is InChI=1S/C18H20N2O3/c1-4-18(22)19-16-11-15(23-3)9-10-17(16)20(12-21)14-7-5-13(2)6-8-14/h5-12H,4H2,1-3H3,(H,19,22). The summed E-state index contributed by atoms with van der Waals surface area (Å²) < 4.78 is 5.20. The predicted octanol–water partition coefficient (Wildman–Crippen LogP) is 3.65. The van der Waals surface area contributed by atoms with E-state index >= 15 is 0 Å². The van der Waals surface area contributed by atoms with Crippen LogP contribution in [0.2, 0.25) is 0 Å². The van der Waals surface area contributed by atoms with Crippen molar-refractivity contribution in [1.29, 1.82) is 0 Å². The van der Waals surface area contributed by atoms with E-state index in [0.29, 0.717) is 23.5 Å². The Bertz CT molecular complexity index is 696. The van der Waals surface area contributed by atoms with Crippen molar-refractivity contribution in [2.24, 2.45) is 0 Å². The van der Waals surface area contributed by atoms with Gasteiger partial charge in [-0.1, -0.05) is 24.6 Å². The first-order chi connectivity index (χ1) is 11.1. The second-order valence-electron chi connectivity index (χ2n) is 5.10. The van der Waals surface area contributed by atoms with Gasteiger partial charge < -0.3 is 10.1 Å². The first-order valence-electron chi connectivity index (χ1n) is 7.38. The van der Waals surface area contributed by atoms with Gasteiger partial charge in [-0.2, -0.15) is 0 Å². The molecule has 0 aromatic heterocycles. The molecule has 0 aliphatic heterocycles. The highest BCUT2D eigenvalue weighted by Crippen LogP contribution is 2.34. The van der Waals surface area contributed by atoms with Gasteiger partial charge in [-0.05, 0) is 31.2 Å². The molecule has 1 N–H and O–H groups in total. The Hall–Kier alpha value is -2.82. The fourth-order valence-electron chi connectivity index (χ4n) is 2.15. The van der Waals surface area contributed by atoms with Gasteiger partial charge >= 0.3 is 0 Å². The highest BCUT2D eigenvalue weighted by molar-refractivity contribution is 5.99. The number of hydrogen-bond donors (Lipinski definition) is 1. The van der Waals surface area contributed by atoms with Crippen LogP contribution in [0.1, 0.15) is 18.9 Å². The molecule has 0 saturated heterocycles. The van der Waals surface area contributed by atoms with Crippen LogP contribution in [0, 0.1) is 6.92 Å². The average Bonchev–Trinajstić information content (AvgIpc) is 2.58. The van der Waals surface area contributed by atoms with Crippen molar-refractivity contribution in [3.8, 4) is 5.75 Å². The lowest BCUT2D eigenvalue weighted by Gasteiger charge is -2.22. The second-order valence-corrected chi connectivity index (χ2v) is 5.10. The summed E-state index contributed by atoms with van der Waals surface area (Å²) in [5.41, 5.74) is 2.95. The van der Waals surface area contributed by atoms with Crippen LogP contribution in [0.25, 0.3) is 0 Å². The molecule has 2 aromatic rings. The molecule has 0 radical (unpaired) electrons. The number of aryl methyl sites for hydroxylation is 1. The van der Waals surface area contributed by atoms with E-state index in [0.717, 1.165) is 17.7 Å². The largest absolute Gasteiger partial charge is 0.497 e. The maximum Gasteiger partial charge on any atom is 0.224 e. The number of carbonyl (C=O) groups excluding carboxylic acids is 2. The van der Waals surface area contributed by atoms with E-state index in [-0.39, 0.29) is 5.91 Å². The quantitative estimate of drug-likeness (QED) is 0.828. The number of carbonyl (C=O) groups is 2. The van der Waals surface area contributed by atoms with Gasteiger partial charge in [0.2, 0.25) is 12.3 Å². The Balaban J connectivity index is 2.47. The van der Waals surface area contributed by atoms with Gasteiger partial charge in [0.05, 0.1) is 18.5 Å². The maximum atomic E-state index is 11.8. The predicted molar refractivity (Wildman–Crippen MR) is 91.3 cm³/mol. The first kappa shape index (κ1) is 16.5. The highest BCUT2D eigenvalue weighted by atomic mass is 16.5. The molecule has 2 amide bonds. The number of anilines is 3.